The Morgan fingerprint density at radius 2 is 1.71 bits per heavy atom. The number of urea groups is 1. The predicted octanol–water partition coefficient (Wildman–Crippen LogP) is 1.78. The third kappa shape index (κ3) is 3.26. The number of rotatable bonds is 7. The maximum absolute atomic E-state index is 13.9. The van der Waals surface area contributed by atoms with E-state index in [1.165, 1.54) is 11.3 Å². The lowest BCUT2D eigenvalue weighted by molar-refractivity contribution is -0.113. The van der Waals surface area contributed by atoms with Crippen LogP contribution in [0.2, 0.25) is 0 Å². The lowest BCUT2D eigenvalue weighted by atomic mass is 10.1. The number of nitrogens with zero attached hydrogens (tertiary/aromatic N) is 5. The molecule has 1 aromatic carbocycles. The first-order valence-corrected chi connectivity index (χ1v) is 12.9. The minimum absolute atomic E-state index is 0.0883. The molecule has 0 spiro atoms. The molecule has 0 bridgehead atoms. The van der Waals surface area contributed by atoms with E-state index in [2.05, 4.69) is 17.5 Å². The Morgan fingerprint density at radius 1 is 0.971 bits per heavy atom. The fourth-order valence-corrected chi connectivity index (χ4v) is 6.15. The maximum Gasteiger partial charge on any atom is 0.323 e. The summed E-state index contributed by atoms with van der Waals surface area (Å²) in [5.74, 6) is -0.143. The Labute approximate surface area is 202 Å². The van der Waals surface area contributed by atoms with E-state index < -0.39 is 12.3 Å². The van der Waals surface area contributed by atoms with Gasteiger partial charge in [0.05, 0.1) is 11.3 Å². The summed E-state index contributed by atoms with van der Waals surface area (Å²) in [4.78, 5) is 46.4. The first-order valence-electron chi connectivity index (χ1n) is 12.1. The molecular weight excluding hydrogens is 452 g/mol. The fourth-order valence-electron chi connectivity index (χ4n) is 5.10. The molecule has 1 saturated heterocycles. The summed E-state index contributed by atoms with van der Waals surface area (Å²) in [6, 6.07) is 7.56. The molecule has 34 heavy (non-hydrogen) atoms. The van der Waals surface area contributed by atoms with Gasteiger partial charge in [-0.05, 0) is 25.3 Å². The number of thiazole rings is 1. The molecule has 0 aliphatic carbocycles. The van der Waals surface area contributed by atoms with Crippen LogP contribution in [0.5, 0.6) is 0 Å². The van der Waals surface area contributed by atoms with Crippen LogP contribution in [-0.2, 0) is 4.79 Å². The molecule has 3 aliphatic rings. The van der Waals surface area contributed by atoms with Crippen LogP contribution in [0.1, 0.15) is 58.2 Å². The van der Waals surface area contributed by atoms with Gasteiger partial charge in [0.1, 0.15) is 4.53 Å². The van der Waals surface area contributed by atoms with Crippen molar-refractivity contribution in [2.45, 2.75) is 58.8 Å². The summed E-state index contributed by atoms with van der Waals surface area (Å²) in [5.41, 5.74) is 4.93. The zero-order chi connectivity index (χ0) is 24.0. The average molecular weight is 483 g/mol. The topological polar surface area (TPSA) is 90.2 Å². The van der Waals surface area contributed by atoms with E-state index >= 15 is 0 Å². The normalized spacial score (nSPS) is 22.5. The summed E-state index contributed by atoms with van der Waals surface area (Å²) >= 11 is 1.22. The van der Waals surface area contributed by atoms with E-state index in [0.717, 1.165) is 36.9 Å². The van der Waals surface area contributed by atoms with Gasteiger partial charge < -0.3 is 4.90 Å². The summed E-state index contributed by atoms with van der Waals surface area (Å²) in [6.45, 7) is 7.87. The molecule has 3 aliphatic heterocycles. The second kappa shape index (κ2) is 8.90. The van der Waals surface area contributed by atoms with Crippen molar-refractivity contribution in [3.05, 3.63) is 49.5 Å². The number of aromatic nitrogens is 1. The number of amides is 3. The minimum atomic E-state index is -0.493. The van der Waals surface area contributed by atoms with Crippen LogP contribution in [0.25, 0.3) is 5.57 Å². The molecular formula is C24H30N6O3S. The molecule has 2 atom stereocenters. The molecule has 5 rings (SSSR count). The van der Waals surface area contributed by atoms with Gasteiger partial charge in [0.25, 0.3) is 11.5 Å². The number of unbranched alkanes of at least 4 members (excludes halogenated alkanes) is 1. The molecule has 2 aromatic rings. The highest BCUT2D eigenvalue weighted by molar-refractivity contribution is 7.07. The van der Waals surface area contributed by atoms with Crippen molar-refractivity contribution >= 4 is 34.5 Å². The van der Waals surface area contributed by atoms with Gasteiger partial charge in [-0.2, -0.15) is 0 Å². The van der Waals surface area contributed by atoms with Crippen LogP contribution in [0, 0.1) is 0 Å². The van der Waals surface area contributed by atoms with Crippen LogP contribution in [0.15, 0.2) is 34.2 Å². The summed E-state index contributed by atoms with van der Waals surface area (Å²) < 4.78 is 2.00. The van der Waals surface area contributed by atoms with E-state index in [-0.39, 0.29) is 17.5 Å². The molecule has 10 heteroatoms. The smallest absolute Gasteiger partial charge is 0.308 e. The first kappa shape index (κ1) is 22.6. The number of anilines is 1. The van der Waals surface area contributed by atoms with Crippen molar-refractivity contribution in [2.24, 2.45) is 5.10 Å². The van der Waals surface area contributed by atoms with E-state index in [4.69, 9.17) is 0 Å². The highest BCUT2D eigenvalue weighted by Gasteiger charge is 2.49. The van der Waals surface area contributed by atoms with Crippen molar-refractivity contribution in [2.75, 3.05) is 24.5 Å². The average Bonchev–Trinajstić information content (AvgIpc) is 3.41. The van der Waals surface area contributed by atoms with Crippen molar-refractivity contribution in [3.63, 3.8) is 0 Å². The summed E-state index contributed by atoms with van der Waals surface area (Å²) in [6.07, 6.45) is 2.54. The molecule has 3 amide bonds. The molecule has 0 saturated carbocycles. The van der Waals surface area contributed by atoms with Crippen molar-refractivity contribution in [1.29, 1.82) is 0 Å². The van der Waals surface area contributed by atoms with Crippen molar-refractivity contribution < 1.29 is 9.59 Å². The predicted molar refractivity (Wildman–Crippen MR) is 131 cm³/mol. The standard InChI is InChI=1S/C24H30N6O3S/c1-4-7-14-27-16-11-9-8-10-15(16)17(21(27)31)18-22(32)30-20-19(25-26-23(30)34-18)28(12-5-2)24(33)29(20)13-6-3/h8-11,19-20,25H,4-7,12-14H2,1-3H3/b18-17-. The van der Waals surface area contributed by atoms with E-state index in [0.29, 0.717) is 34.5 Å². The molecule has 1 N–H and O–H groups in total. The molecule has 1 fully saturated rings. The third-order valence-electron chi connectivity index (χ3n) is 6.61. The number of benzene rings is 1. The summed E-state index contributed by atoms with van der Waals surface area (Å²) in [7, 11) is 0. The molecule has 4 heterocycles. The SMILES string of the molecule is CCCCN1C(=O)/C(=c2\sc3n(c2=O)C2C(NN=3)N(CCC)C(=O)N2CCC)c2ccccc21. The van der Waals surface area contributed by atoms with E-state index in [1.54, 1.807) is 19.3 Å². The number of para-hydroxylation sites is 1. The quantitative estimate of drug-likeness (QED) is 0.651. The van der Waals surface area contributed by atoms with Crippen LogP contribution < -0.4 is 25.2 Å². The van der Waals surface area contributed by atoms with Crippen LogP contribution in [0.4, 0.5) is 10.5 Å². The number of nitrogens with one attached hydrogen (secondary N) is 1. The number of hydrogen-bond donors (Lipinski definition) is 1. The fraction of sp³-hybridized carbons (Fsp3) is 0.500. The Bertz CT molecular complexity index is 1310. The number of fused-ring (bicyclic) bond motifs is 4. The van der Waals surface area contributed by atoms with Gasteiger partial charge in [-0.1, -0.05) is 56.7 Å². The monoisotopic (exact) mass is 482 g/mol. The molecule has 0 radical (unpaired) electrons. The van der Waals surface area contributed by atoms with Crippen LogP contribution >= 0.6 is 11.3 Å². The Hall–Kier alpha value is -3.14. The van der Waals surface area contributed by atoms with Crippen LogP contribution in [-0.4, -0.2) is 52.1 Å². The Morgan fingerprint density at radius 3 is 2.44 bits per heavy atom. The lowest BCUT2D eigenvalue weighted by Crippen LogP contribution is -2.53. The maximum atomic E-state index is 13.9. The summed E-state index contributed by atoms with van der Waals surface area (Å²) in [5, 5.41) is 4.47. The lowest BCUT2D eigenvalue weighted by Gasteiger charge is -2.30. The van der Waals surface area contributed by atoms with Gasteiger partial charge in [0.15, 0.2) is 12.3 Å². The highest BCUT2D eigenvalue weighted by Crippen LogP contribution is 2.35. The number of hydrogen-bond acceptors (Lipinski definition) is 6. The number of carbonyl (C=O) groups is 2. The van der Waals surface area contributed by atoms with Crippen molar-refractivity contribution in [3.8, 4) is 0 Å². The van der Waals surface area contributed by atoms with Gasteiger partial charge in [0, 0.05) is 25.2 Å². The van der Waals surface area contributed by atoms with Crippen molar-refractivity contribution in [1.82, 2.24) is 19.8 Å². The second-order valence-corrected chi connectivity index (χ2v) is 9.84. The van der Waals surface area contributed by atoms with Gasteiger partial charge >= 0.3 is 6.03 Å². The van der Waals surface area contributed by atoms with Crippen LogP contribution in [0.3, 0.4) is 0 Å². The van der Waals surface area contributed by atoms with Gasteiger partial charge in [0.2, 0.25) is 4.80 Å². The van der Waals surface area contributed by atoms with E-state index in [9.17, 15) is 14.4 Å². The van der Waals surface area contributed by atoms with Gasteiger partial charge in [-0.3, -0.25) is 29.4 Å². The van der Waals surface area contributed by atoms with Gasteiger partial charge in [-0.25, -0.2) is 4.79 Å². The zero-order valence-electron chi connectivity index (χ0n) is 19.8. The van der Waals surface area contributed by atoms with Gasteiger partial charge in [-0.15, -0.1) is 5.10 Å². The Balaban J connectivity index is 1.69. The Kier molecular flexibility index (Phi) is 5.93. The molecule has 2 unspecified atom stereocenters. The largest absolute Gasteiger partial charge is 0.323 e. The molecule has 9 nitrogen and oxygen atoms in total. The third-order valence-corrected chi connectivity index (χ3v) is 7.67. The molecule has 180 valence electrons. The molecule has 1 aromatic heterocycles. The first-order chi connectivity index (χ1) is 16.5. The van der Waals surface area contributed by atoms with E-state index in [1.807, 2.05) is 38.1 Å². The second-order valence-electron chi connectivity index (χ2n) is 8.86. The minimum Gasteiger partial charge on any atom is -0.308 e. The number of carbonyl (C=O) groups excluding carboxylic acids is 2. The zero-order valence-corrected chi connectivity index (χ0v) is 20.6. The highest BCUT2D eigenvalue weighted by atomic mass is 32.1.